The maximum Gasteiger partial charge on any atom is 0.315 e. The van der Waals surface area contributed by atoms with Gasteiger partial charge in [0, 0.05) is 30.7 Å². The molecule has 1 heterocycles. The van der Waals surface area contributed by atoms with E-state index < -0.39 is 0 Å². The quantitative estimate of drug-likeness (QED) is 0.750. The largest absolute Gasteiger partial charge is 0.338 e. The van der Waals surface area contributed by atoms with Crippen LogP contribution in [0.15, 0.2) is 11.8 Å². The molecule has 0 aromatic carbocycles. The standard InChI is InChI=1S/C22H35N3O2.CH2/c26-20(25-15-5-9-18-8-1-2-10-19(18)25)11-14-23-21(27)24-22-12-3-6-17(16-22)7-4-13-22;/h10,17-18H,1-9,11-16H2,(H2,23,24,27);1H2. The van der Waals surface area contributed by atoms with Crippen molar-refractivity contribution in [1.29, 1.82) is 0 Å². The summed E-state index contributed by atoms with van der Waals surface area (Å²) in [6, 6.07) is -0.0845. The highest BCUT2D eigenvalue weighted by Crippen LogP contribution is 2.42. The van der Waals surface area contributed by atoms with Gasteiger partial charge in [0.15, 0.2) is 0 Å². The number of carbonyl (C=O) groups is 2. The molecular formula is C23H37N3O2. The number of hydrogen-bond donors (Lipinski definition) is 2. The van der Waals surface area contributed by atoms with Crippen molar-refractivity contribution in [1.82, 2.24) is 15.5 Å². The first kappa shape index (κ1) is 21.2. The van der Waals surface area contributed by atoms with Gasteiger partial charge in [-0.2, -0.15) is 0 Å². The lowest BCUT2D eigenvalue weighted by molar-refractivity contribution is -0.130. The molecule has 1 unspecified atom stereocenters. The highest BCUT2D eigenvalue weighted by molar-refractivity contribution is 5.80. The Morgan fingerprint density at radius 1 is 1.07 bits per heavy atom. The zero-order valence-corrected chi connectivity index (χ0v) is 17.3. The number of rotatable bonds is 4. The molecule has 156 valence electrons. The van der Waals surface area contributed by atoms with E-state index in [9.17, 15) is 9.59 Å². The number of nitrogens with zero attached hydrogens (tertiary/aromatic N) is 1. The third kappa shape index (κ3) is 4.72. The van der Waals surface area contributed by atoms with Crippen LogP contribution >= 0.6 is 0 Å². The number of allylic oxidation sites excluding steroid dienone is 2. The first-order valence-electron chi connectivity index (χ1n) is 11.2. The lowest BCUT2D eigenvalue weighted by Crippen LogP contribution is -2.56. The first-order chi connectivity index (χ1) is 13.2. The van der Waals surface area contributed by atoms with E-state index in [2.05, 4.69) is 16.7 Å². The van der Waals surface area contributed by atoms with Crippen molar-refractivity contribution in [2.75, 3.05) is 13.1 Å². The summed E-state index contributed by atoms with van der Waals surface area (Å²) in [6.07, 6.45) is 17.0. The summed E-state index contributed by atoms with van der Waals surface area (Å²) in [4.78, 5) is 27.1. The third-order valence-electron chi connectivity index (χ3n) is 7.29. The molecule has 1 atom stereocenters. The monoisotopic (exact) mass is 387 g/mol. The molecule has 0 aromatic rings. The lowest BCUT2D eigenvalue weighted by atomic mass is 9.67. The zero-order chi connectivity index (χ0) is 18.7. The van der Waals surface area contributed by atoms with Crippen LogP contribution in [0.1, 0.15) is 83.5 Å². The Balaban J connectivity index is 0.00000225. The van der Waals surface area contributed by atoms with Crippen molar-refractivity contribution in [3.63, 3.8) is 0 Å². The van der Waals surface area contributed by atoms with Crippen LogP contribution in [0.25, 0.3) is 0 Å². The van der Waals surface area contributed by atoms with Crippen molar-refractivity contribution in [2.45, 2.75) is 89.0 Å². The highest BCUT2D eigenvalue weighted by atomic mass is 16.2. The van der Waals surface area contributed by atoms with Crippen LogP contribution in [0.4, 0.5) is 4.79 Å². The highest BCUT2D eigenvalue weighted by Gasteiger charge is 2.40. The molecule has 0 aromatic heterocycles. The van der Waals surface area contributed by atoms with Crippen molar-refractivity contribution < 1.29 is 9.59 Å². The molecule has 28 heavy (non-hydrogen) atoms. The number of fused-ring (bicyclic) bond motifs is 3. The molecular weight excluding hydrogens is 350 g/mol. The summed E-state index contributed by atoms with van der Waals surface area (Å²) >= 11 is 0. The van der Waals surface area contributed by atoms with Gasteiger partial charge in [-0.25, -0.2) is 4.79 Å². The number of nitrogens with one attached hydrogen (secondary N) is 2. The minimum atomic E-state index is -0.0845. The molecule has 3 amide bonds. The third-order valence-corrected chi connectivity index (χ3v) is 7.29. The number of urea groups is 1. The van der Waals surface area contributed by atoms with Crippen LogP contribution in [-0.2, 0) is 4.79 Å². The molecule has 3 aliphatic carbocycles. The second-order valence-corrected chi connectivity index (χ2v) is 9.21. The van der Waals surface area contributed by atoms with Crippen LogP contribution in [0.2, 0.25) is 0 Å². The summed E-state index contributed by atoms with van der Waals surface area (Å²) in [6.45, 7) is 1.27. The normalized spacial score (nSPS) is 31.7. The Labute approximate surface area is 170 Å². The topological polar surface area (TPSA) is 61.4 Å². The second kappa shape index (κ2) is 9.32. The molecule has 0 spiro atoms. The zero-order valence-electron chi connectivity index (χ0n) is 17.3. The average Bonchev–Trinajstić information content (AvgIpc) is 2.67. The average molecular weight is 388 g/mol. The van der Waals surface area contributed by atoms with Gasteiger partial charge < -0.3 is 15.5 Å². The van der Waals surface area contributed by atoms with E-state index in [1.165, 1.54) is 50.6 Å². The first-order valence-corrected chi connectivity index (χ1v) is 11.2. The van der Waals surface area contributed by atoms with E-state index >= 15 is 0 Å². The molecule has 2 bridgehead atoms. The predicted octanol–water partition coefficient (Wildman–Crippen LogP) is 4.42. The smallest absolute Gasteiger partial charge is 0.315 e. The van der Waals surface area contributed by atoms with E-state index in [1.54, 1.807) is 0 Å². The summed E-state index contributed by atoms with van der Waals surface area (Å²) < 4.78 is 0. The van der Waals surface area contributed by atoms with Gasteiger partial charge in [-0.3, -0.25) is 4.79 Å². The summed E-state index contributed by atoms with van der Waals surface area (Å²) in [5.74, 6) is 1.55. The molecule has 1 aliphatic heterocycles. The fraction of sp³-hybridized carbons (Fsp3) is 0.783. The summed E-state index contributed by atoms with van der Waals surface area (Å²) in [7, 11) is 0. The van der Waals surface area contributed by atoms with Crippen LogP contribution in [0, 0.1) is 19.3 Å². The molecule has 4 rings (SSSR count). The van der Waals surface area contributed by atoms with Crippen LogP contribution in [0.3, 0.4) is 0 Å². The number of carbonyl (C=O) groups excluding carboxylic acids is 2. The van der Waals surface area contributed by atoms with Crippen molar-refractivity contribution in [2.24, 2.45) is 11.8 Å². The molecule has 3 fully saturated rings. The van der Waals surface area contributed by atoms with E-state index in [-0.39, 0.29) is 24.9 Å². The molecule has 2 saturated carbocycles. The van der Waals surface area contributed by atoms with Crippen molar-refractivity contribution in [3.8, 4) is 0 Å². The van der Waals surface area contributed by atoms with Gasteiger partial charge in [0.05, 0.1) is 0 Å². The van der Waals surface area contributed by atoms with Gasteiger partial charge >= 0.3 is 6.03 Å². The Morgan fingerprint density at radius 2 is 1.82 bits per heavy atom. The minimum Gasteiger partial charge on any atom is -0.338 e. The SMILES string of the molecule is O=C(NCCC(=O)N1CCCC2CCCC=C21)NC12CCCC(CCC1)C2.[CH2]. The maximum absolute atomic E-state index is 12.7. The van der Waals surface area contributed by atoms with Crippen LogP contribution in [0.5, 0.6) is 0 Å². The van der Waals surface area contributed by atoms with E-state index in [4.69, 9.17) is 0 Å². The predicted molar refractivity (Wildman–Crippen MR) is 111 cm³/mol. The summed E-state index contributed by atoms with van der Waals surface area (Å²) in [5, 5.41) is 6.23. The minimum absolute atomic E-state index is 0. The fourth-order valence-electron chi connectivity index (χ4n) is 6.01. The Bertz CT molecular complexity index is 591. The number of likely N-dealkylation sites (tertiary alicyclic amines) is 1. The second-order valence-electron chi connectivity index (χ2n) is 9.21. The van der Waals surface area contributed by atoms with Crippen molar-refractivity contribution in [3.05, 3.63) is 19.2 Å². The molecule has 2 radical (unpaired) electrons. The van der Waals surface area contributed by atoms with Gasteiger partial charge in [0.25, 0.3) is 0 Å². The van der Waals surface area contributed by atoms with Crippen LogP contribution in [-0.4, -0.2) is 35.5 Å². The number of hydrogen-bond acceptors (Lipinski definition) is 2. The maximum atomic E-state index is 12.7. The van der Waals surface area contributed by atoms with Gasteiger partial charge in [-0.15, -0.1) is 0 Å². The van der Waals surface area contributed by atoms with E-state index in [0.29, 0.717) is 18.9 Å². The Kier molecular flexibility index (Phi) is 7.05. The van der Waals surface area contributed by atoms with E-state index in [1.807, 2.05) is 4.90 Å². The molecule has 1 saturated heterocycles. The van der Waals surface area contributed by atoms with Gasteiger partial charge in [0.2, 0.25) is 5.91 Å². The number of piperidine rings is 1. The van der Waals surface area contributed by atoms with Crippen molar-refractivity contribution >= 4 is 11.9 Å². The number of amides is 3. The Hall–Kier alpha value is -1.52. The van der Waals surface area contributed by atoms with E-state index in [0.717, 1.165) is 44.6 Å². The molecule has 4 aliphatic rings. The molecule has 5 heteroatoms. The van der Waals surface area contributed by atoms with Gasteiger partial charge in [0.1, 0.15) is 0 Å². The fourth-order valence-corrected chi connectivity index (χ4v) is 6.01. The molecule has 2 N–H and O–H groups in total. The van der Waals surface area contributed by atoms with Gasteiger partial charge in [-0.1, -0.05) is 39.2 Å². The van der Waals surface area contributed by atoms with Gasteiger partial charge in [-0.05, 0) is 63.2 Å². The molecule has 5 nitrogen and oxygen atoms in total. The van der Waals surface area contributed by atoms with Crippen LogP contribution < -0.4 is 10.6 Å². The lowest BCUT2D eigenvalue weighted by Gasteiger charge is -2.45. The summed E-state index contributed by atoms with van der Waals surface area (Å²) in [5.41, 5.74) is 1.28. The Morgan fingerprint density at radius 3 is 2.61 bits per heavy atom.